The van der Waals surface area contributed by atoms with Gasteiger partial charge >= 0.3 is 5.91 Å². The lowest BCUT2D eigenvalue weighted by molar-refractivity contribution is 0.0926. The van der Waals surface area contributed by atoms with E-state index in [4.69, 9.17) is 4.42 Å². The van der Waals surface area contributed by atoms with Crippen LogP contribution in [0.3, 0.4) is 0 Å². The molecule has 1 aromatic heterocycles. The van der Waals surface area contributed by atoms with Gasteiger partial charge in [0.2, 0.25) is 0 Å². The van der Waals surface area contributed by atoms with Gasteiger partial charge in [-0.3, -0.25) is 4.79 Å². The number of halogens is 1. The Morgan fingerprint density at radius 2 is 1.90 bits per heavy atom. The molecule has 0 aliphatic carbocycles. The van der Waals surface area contributed by atoms with Crippen LogP contribution in [0.1, 0.15) is 16.1 Å². The molecule has 0 aliphatic heterocycles. The summed E-state index contributed by atoms with van der Waals surface area (Å²) in [5.41, 5.74) is 3.38. The van der Waals surface area contributed by atoms with Crippen LogP contribution in [-0.4, -0.2) is 12.1 Å². The third-order valence-corrected chi connectivity index (χ3v) is 3.42. The molecule has 1 N–H and O–H groups in total. The molecule has 104 valence electrons. The fraction of sp³-hybridized carbons (Fsp3) is 0. The standard InChI is InChI=1S/C16H11BrN2O2/c17-15-9-8-14(21-15)16(20)19-18-10-12-6-3-5-11-4-1-2-7-13(11)12/h1-10H,(H,19,20)/b18-10+. The highest BCUT2D eigenvalue weighted by Gasteiger charge is 2.08. The quantitative estimate of drug-likeness (QED) is 0.578. The average molecular weight is 343 g/mol. The van der Waals surface area contributed by atoms with Crippen LogP contribution in [0.4, 0.5) is 0 Å². The first-order valence-corrected chi connectivity index (χ1v) is 7.10. The van der Waals surface area contributed by atoms with Gasteiger partial charge in [0.1, 0.15) is 0 Å². The van der Waals surface area contributed by atoms with Crippen LogP contribution < -0.4 is 5.43 Å². The molecule has 4 nitrogen and oxygen atoms in total. The summed E-state index contributed by atoms with van der Waals surface area (Å²) in [5.74, 6) is -0.186. The maximum absolute atomic E-state index is 11.8. The highest BCUT2D eigenvalue weighted by Crippen LogP contribution is 2.17. The van der Waals surface area contributed by atoms with E-state index in [1.54, 1.807) is 18.3 Å². The lowest BCUT2D eigenvalue weighted by atomic mass is 10.1. The van der Waals surface area contributed by atoms with Crippen LogP contribution in [0.25, 0.3) is 10.8 Å². The molecular formula is C16H11BrN2O2. The summed E-state index contributed by atoms with van der Waals surface area (Å²) >= 11 is 3.15. The van der Waals surface area contributed by atoms with Crippen LogP contribution in [0, 0.1) is 0 Å². The molecule has 2 aromatic carbocycles. The van der Waals surface area contributed by atoms with Crippen molar-refractivity contribution in [3.8, 4) is 0 Å². The highest BCUT2D eigenvalue weighted by molar-refractivity contribution is 9.10. The number of amides is 1. The normalized spacial score (nSPS) is 11.1. The Kier molecular flexibility index (Phi) is 3.83. The minimum Gasteiger partial charge on any atom is -0.444 e. The molecule has 0 bridgehead atoms. The van der Waals surface area contributed by atoms with Gasteiger partial charge in [0.05, 0.1) is 6.21 Å². The predicted octanol–water partition coefficient (Wildman–Crippen LogP) is 3.96. The molecular weight excluding hydrogens is 332 g/mol. The monoisotopic (exact) mass is 342 g/mol. The molecule has 3 rings (SSSR count). The van der Waals surface area contributed by atoms with Gasteiger partial charge in [0.15, 0.2) is 10.4 Å². The summed E-state index contributed by atoms with van der Waals surface area (Å²) in [6.45, 7) is 0. The number of furan rings is 1. The van der Waals surface area contributed by atoms with Crippen molar-refractivity contribution < 1.29 is 9.21 Å². The number of nitrogens with zero attached hydrogens (tertiary/aromatic N) is 1. The van der Waals surface area contributed by atoms with Crippen LogP contribution in [0.5, 0.6) is 0 Å². The van der Waals surface area contributed by atoms with Crippen LogP contribution in [0.15, 0.2) is 68.8 Å². The van der Waals surface area contributed by atoms with Crippen molar-refractivity contribution in [2.75, 3.05) is 0 Å². The van der Waals surface area contributed by atoms with Gasteiger partial charge in [-0.2, -0.15) is 5.10 Å². The van der Waals surface area contributed by atoms with Crippen LogP contribution >= 0.6 is 15.9 Å². The fourth-order valence-corrected chi connectivity index (χ4v) is 2.32. The first kappa shape index (κ1) is 13.6. The Labute approximate surface area is 129 Å². The first-order valence-electron chi connectivity index (χ1n) is 6.30. The summed E-state index contributed by atoms with van der Waals surface area (Å²) in [6, 6.07) is 17.2. The van der Waals surface area contributed by atoms with Crippen molar-refractivity contribution in [2.45, 2.75) is 0 Å². The van der Waals surface area contributed by atoms with E-state index in [0.717, 1.165) is 16.3 Å². The number of fused-ring (bicyclic) bond motifs is 1. The number of benzene rings is 2. The largest absolute Gasteiger partial charge is 0.444 e. The van der Waals surface area contributed by atoms with Gasteiger partial charge in [-0.05, 0) is 38.8 Å². The third-order valence-electron chi connectivity index (χ3n) is 2.99. The van der Waals surface area contributed by atoms with Gasteiger partial charge in [-0.15, -0.1) is 0 Å². The lowest BCUT2D eigenvalue weighted by Crippen LogP contribution is -2.16. The molecule has 1 amide bonds. The number of rotatable bonds is 3. The molecule has 0 fully saturated rings. The van der Waals surface area contributed by atoms with Crippen molar-refractivity contribution >= 4 is 38.8 Å². The summed E-state index contributed by atoms with van der Waals surface area (Å²) in [7, 11) is 0. The van der Waals surface area contributed by atoms with E-state index in [1.807, 2.05) is 42.5 Å². The van der Waals surface area contributed by atoms with E-state index in [-0.39, 0.29) is 5.76 Å². The van der Waals surface area contributed by atoms with Gasteiger partial charge in [-0.25, -0.2) is 5.43 Å². The number of hydrogen-bond donors (Lipinski definition) is 1. The first-order chi connectivity index (χ1) is 10.2. The van der Waals surface area contributed by atoms with Gasteiger partial charge in [0.25, 0.3) is 0 Å². The van der Waals surface area contributed by atoms with Gasteiger partial charge in [0, 0.05) is 5.56 Å². The second-order valence-electron chi connectivity index (χ2n) is 4.37. The molecule has 3 aromatic rings. The van der Waals surface area contributed by atoms with Gasteiger partial charge < -0.3 is 4.42 Å². The molecule has 21 heavy (non-hydrogen) atoms. The predicted molar refractivity (Wildman–Crippen MR) is 85.4 cm³/mol. The summed E-state index contributed by atoms with van der Waals surface area (Å²) < 4.78 is 5.65. The molecule has 0 saturated carbocycles. The summed E-state index contributed by atoms with van der Waals surface area (Å²) in [5, 5.41) is 6.19. The number of nitrogens with one attached hydrogen (secondary N) is 1. The maximum atomic E-state index is 11.8. The van der Waals surface area contributed by atoms with Crippen molar-refractivity contribution in [2.24, 2.45) is 5.10 Å². The van der Waals surface area contributed by atoms with Gasteiger partial charge in [-0.1, -0.05) is 42.5 Å². The Morgan fingerprint density at radius 3 is 2.71 bits per heavy atom. The summed E-state index contributed by atoms with van der Waals surface area (Å²) in [6.07, 6.45) is 1.62. The van der Waals surface area contributed by atoms with Crippen molar-refractivity contribution in [1.29, 1.82) is 0 Å². The third kappa shape index (κ3) is 3.03. The van der Waals surface area contributed by atoms with Crippen LogP contribution in [0.2, 0.25) is 0 Å². The molecule has 0 atom stereocenters. The fourth-order valence-electron chi connectivity index (χ4n) is 2.01. The van der Waals surface area contributed by atoms with Crippen molar-refractivity contribution in [3.05, 3.63) is 70.6 Å². The zero-order valence-electron chi connectivity index (χ0n) is 10.9. The van der Waals surface area contributed by atoms with Crippen LogP contribution in [-0.2, 0) is 0 Å². The minimum absolute atomic E-state index is 0.206. The number of carbonyl (C=O) groups excluding carboxylic acids is 1. The van der Waals surface area contributed by atoms with E-state index < -0.39 is 5.91 Å². The lowest BCUT2D eigenvalue weighted by Gasteiger charge is -2.01. The minimum atomic E-state index is -0.391. The molecule has 0 saturated heterocycles. The summed E-state index contributed by atoms with van der Waals surface area (Å²) in [4.78, 5) is 11.8. The van der Waals surface area contributed by atoms with E-state index in [0.29, 0.717) is 4.67 Å². The maximum Gasteiger partial charge on any atom is 0.307 e. The number of hydrazone groups is 1. The SMILES string of the molecule is O=C(N/N=C/c1cccc2ccccc12)c1ccc(Br)o1. The number of hydrogen-bond acceptors (Lipinski definition) is 3. The smallest absolute Gasteiger partial charge is 0.307 e. The molecule has 0 spiro atoms. The molecule has 1 heterocycles. The van der Waals surface area contributed by atoms with Crippen molar-refractivity contribution in [1.82, 2.24) is 5.43 Å². The Bertz CT molecular complexity index is 819. The molecule has 0 radical (unpaired) electrons. The highest BCUT2D eigenvalue weighted by atomic mass is 79.9. The molecule has 5 heteroatoms. The second-order valence-corrected chi connectivity index (χ2v) is 5.15. The zero-order valence-corrected chi connectivity index (χ0v) is 12.5. The topological polar surface area (TPSA) is 54.6 Å². The second kappa shape index (κ2) is 5.93. The van der Waals surface area contributed by atoms with E-state index in [2.05, 4.69) is 26.5 Å². The van der Waals surface area contributed by atoms with Crippen molar-refractivity contribution in [3.63, 3.8) is 0 Å². The van der Waals surface area contributed by atoms with E-state index >= 15 is 0 Å². The Hall–Kier alpha value is -2.40. The van der Waals surface area contributed by atoms with E-state index in [9.17, 15) is 4.79 Å². The zero-order chi connectivity index (χ0) is 14.7. The Morgan fingerprint density at radius 1 is 1.10 bits per heavy atom. The average Bonchev–Trinajstić information content (AvgIpc) is 2.94. The molecule has 0 aliphatic rings. The number of carbonyl (C=O) groups is 1. The Balaban J connectivity index is 1.78. The molecule has 0 unspecified atom stereocenters. The van der Waals surface area contributed by atoms with E-state index in [1.165, 1.54) is 0 Å².